The van der Waals surface area contributed by atoms with E-state index in [1.54, 1.807) is 12.6 Å². The van der Waals surface area contributed by atoms with Crippen LogP contribution in [0.25, 0.3) is 10.2 Å². The number of aryl methyl sites for hydroxylation is 1. The number of hydrogen-bond acceptors (Lipinski definition) is 4. The van der Waals surface area contributed by atoms with E-state index < -0.39 is 17.8 Å². The van der Waals surface area contributed by atoms with Gasteiger partial charge >= 0.3 is 6.18 Å². The quantitative estimate of drug-likeness (QED) is 0.323. The van der Waals surface area contributed by atoms with Gasteiger partial charge in [0.15, 0.2) is 0 Å². The van der Waals surface area contributed by atoms with Gasteiger partial charge in [-0.2, -0.15) is 13.2 Å². The molecule has 1 heterocycles. The highest BCUT2D eigenvalue weighted by Gasteiger charge is 2.30. The topological polar surface area (TPSA) is 45.2 Å². The van der Waals surface area contributed by atoms with Crippen molar-refractivity contribution in [1.29, 1.82) is 0 Å². The first kappa shape index (κ1) is 23.8. The number of rotatable bonds is 8. The number of hydrogen-bond donors (Lipinski definition) is 1. The minimum atomic E-state index is -4.35. The molecular formula is C26H24F3N3OS. The number of halogens is 3. The summed E-state index contributed by atoms with van der Waals surface area (Å²) < 4.78 is 39.6. The molecule has 3 aromatic carbocycles. The third kappa shape index (κ3) is 5.39. The fourth-order valence-corrected chi connectivity index (χ4v) is 4.70. The van der Waals surface area contributed by atoms with E-state index in [4.69, 9.17) is 0 Å². The van der Waals surface area contributed by atoms with Crippen molar-refractivity contribution >= 4 is 33.1 Å². The normalized spacial score (nSPS) is 12.5. The van der Waals surface area contributed by atoms with Crippen molar-refractivity contribution in [2.45, 2.75) is 25.1 Å². The van der Waals surface area contributed by atoms with Crippen LogP contribution in [0.3, 0.4) is 0 Å². The van der Waals surface area contributed by atoms with Gasteiger partial charge in [-0.05, 0) is 54.3 Å². The molecule has 0 unspecified atom stereocenters. The zero-order valence-corrected chi connectivity index (χ0v) is 19.4. The number of nitrogens with zero attached hydrogens (tertiary/aromatic N) is 2. The predicted molar refractivity (Wildman–Crippen MR) is 130 cm³/mol. The Kier molecular flexibility index (Phi) is 7.17. The van der Waals surface area contributed by atoms with E-state index in [1.807, 2.05) is 48.5 Å². The van der Waals surface area contributed by atoms with Crippen LogP contribution in [0.15, 0.2) is 78.3 Å². The summed E-state index contributed by atoms with van der Waals surface area (Å²) in [5.41, 5.74) is 4.61. The van der Waals surface area contributed by atoms with Crippen LogP contribution in [0.2, 0.25) is 0 Å². The Bertz CT molecular complexity index is 1240. The van der Waals surface area contributed by atoms with Crippen LogP contribution in [0.4, 0.5) is 18.9 Å². The Hall–Kier alpha value is -3.39. The number of carbonyl (C=O) groups is 1. The summed E-state index contributed by atoms with van der Waals surface area (Å²) in [7, 11) is 1.62. The second-order valence-corrected chi connectivity index (χ2v) is 8.81. The Morgan fingerprint density at radius 1 is 1.06 bits per heavy atom. The minimum Gasteiger partial charge on any atom is -0.357 e. The Morgan fingerprint density at radius 2 is 1.79 bits per heavy atom. The molecule has 1 N–H and O–H groups in total. The molecule has 0 saturated carbocycles. The maximum absolute atomic E-state index is 13.0. The summed E-state index contributed by atoms with van der Waals surface area (Å²) >= 11 is 1.53. The lowest BCUT2D eigenvalue weighted by Gasteiger charge is -2.33. The van der Waals surface area contributed by atoms with Gasteiger partial charge in [-0.15, -0.1) is 11.3 Å². The number of anilines is 1. The summed E-state index contributed by atoms with van der Waals surface area (Å²) in [5, 5.41) is 2.78. The maximum Gasteiger partial charge on any atom is 0.416 e. The van der Waals surface area contributed by atoms with Crippen LogP contribution in [0, 0.1) is 0 Å². The Balaban J connectivity index is 1.61. The van der Waals surface area contributed by atoms with E-state index in [-0.39, 0.29) is 5.91 Å². The van der Waals surface area contributed by atoms with Crippen molar-refractivity contribution in [1.82, 2.24) is 10.3 Å². The molecule has 0 aliphatic rings. The molecule has 1 atom stereocenters. The van der Waals surface area contributed by atoms with Crippen molar-refractivity contribution in [2.24, 2.45) is 0 Å². The largest absolute Gasteiger partial charge is 0.416 e. The number of nitrogens with one attached hydrogen (secondary N) is 1. The van der Waals surface area contributed by atoms with Crippen LogP contribution >= 0.6 is 11.3 Å². The highest BCUT2D eigenvalue weighted by molar-refractivity contribution is 7.16. The van der Waals surface area contributed by atoms with Crippen LogP contribution in [-0.2, 0) is 17.4 Å². The van der Waals surface area contributed by atoms with Crippen molar-refractivity contribution in [2.75, 3.05) is 18.5 Å². The van der Waals surface area contributed by atoms with Crippen LogP contribution < -0.4 is 10.2 Å². The van der Waals surface area contributed by atoms with Crippen LogP contribution in [0.5, 0.6) is 0 Å². The average Bonchev–Trinajstić information content (AvgIpc) is 3.31. The monoisotopic (exact) mass is 483 g/mol. The van der Waals surface area contributed by atoms with E-state index in [0.29, 0.717) is 19.4 Å². The zero-order chi connectivity index (χ0) is 24.1. The van der Waals surface area contributed by atoms with Gasteiger partial charge in [0.2, 0.25) is 5.91 Å². The first-order valence-electron chi connectivity index (χ1n) is 10.9. The number of alkyl halides is 3. The highest BCUT2D eigenvalue weighted by Crippen LogP contribution is 2.32. The molecule has 34 heavy (non-hydrogen) atoms. The molecule has 0 aliphatic carbocycles. The molecule has 0 spiro atoms. The third-order valence-electron chi connectivity index (χ3n) is 5.71. The Morgan fingerprint density at radius 3 is 2.47 bits per heavy atom. The second kappa shape index (κ2) is 10.3. The molecule has 0 bridgehead atoms. The van der Waals surface area contributed by atoms with E-state index in [2.05, 4.69) is 15.2 Å². The Labute approximate surface area is 200 Å². The number of likely N-dealkylation sites (N-methyl/N-ethyl adjacent to an activating group) is 1. The van der Waals surface area contributed by atoms with Gasteiger partial charge < -0.3 is 10.2 Å². The first-order valence-corrected chi connectivity index (χ1v) is 11.8. The summed E-state index contributed by atoms with van der Waals surface area (Å²) in [6.45, 7) is 0.540. The van der Waals surface area contributed by atoms with Crippen molar-refractivity contribution in [3.63, 3.8) is 0 Å². The number of amides is 1. The molecule has 8 heteroatoms. The summed E-state index contributed by atoms with van der Waals surface area (Å²) in [6.07, 6.45) is -3.10. The summed E-state index contributed by atoms with van der Waals surface area (Å²) in [5.74, 6) is -0.134. The number of aromatic nitrogens is 1. The molecule has 0 radical (unpaired) electrons. The SMILES string of the molecule is CNC(=O)[C@H](c1ccccc1)N(CCCc1ccc(C(F)(F)F)cc1)c1ccc2ncsc2c1. The van der Waals surface area contributed by atoms with E-state index in [0.717, 1.165) is 39.2 Å². The molecule has 0 aliphatic heterocycles. The van der Waals surface area contributed by atoms with E-state index >= 15 is 0 Å². The smallest absolute Gasteiger partial charge is 0.357 e. The van der Waals surface area contributed by atoms with Crippen molar-refractivity contribution in [3.05, 3.63) is 95.0 Å². The second-order valence-electron chi connectivity index (χ2n) is 7.92. The van der Waals surface area contributed by atoms with Gasteiger partial charge in [-0.1, -0.05) is 42.5 Å². The molecule has 176 valence electrons. The lowest BCUT2D eigenvalue weighted by atomic mass is 10.0. The van der Waals surface area contributed by atoms with Crippen molar-refractivity contribution < 1.29 is 18.0 Å². The average molecular weight is 484 g/mol. The number of thiazole rings is 1. The zero-order valence-electron chi connectivity index (χ0n) is 18.5. The van der Waals surface area contributed by atoms with Gasteiger partial charge in [0.1, 0.15) is 6.04 Å². The molecule has 4 nitrogen and oxygen atoms in total. The van der Waals surface area contributed by atoms with Gasteiger partial charge in [-0.25, -0.2) is 4.98 Å². The minimum absolute atomic E-state index is 0.134. The molecule has 4 aromatic rings. The third-order valence-corrected chi connectivity index (χ3v) is 6.51. The number of fused-ring (bicyclic) bond motifs is 1. The molecule has 1 amide bonds. The van der Waals surface area contributed by atoms with Gasteiger partial charge in [0, 0.05) is 19.3 Å². The van der Waals surface area contributed by atoms with Crippen molar-refractivity contribution in [3.8, 4) is 0 Å². The summed E-state index contributed by atoms with van der Waals surface area (Å²) in [4.78, 5) is 19.4. The highest BCUT2D eigenvalue weighted by atomic mass is 32.1. The van der Waals surface area contributed by atoms with E-state index in [1.165, 1.54) is 23.5 Å². The molecule has 1 aromatic heterocycles. The standard InChI is InChI=1S/C26H24F3N3OS/c1-30-25(33)24(19-7-3-2-4-8-19)32(21-13-14-22-23(16-21)34-17-31-22)15-5-6-18-9-11-20(12-10-18)26(27,28)29/h2-4,7-14,16-17,24H,5-6,15H2,1H3,(H,30,33)/t24-/m0/s1. The maximum atomic E-state index is 13.0. The summed E-state index contributed by atoms with van der Waals surface area (Å²) in [6, 6.07) is 20.2. The molecule has 0 saturated heterocycles. The lowest BCUT2D eigenvalue weighted by molar-refractivity contribution is -0.137. The first-order chi connectivity index (χ1) is 16.4. The lowest BCUT2D eigenvalue weighted by Crippen LogP contribution is -2.40. The van der Waals surface area contributed by atoms with E-state index in [9.17, 15) is 18.0 Å². The van der Waals surface area contributed by atoms with Gasteiger partial charge in [-0.3, -0.25) is 4.79 Å². The van der Waals surface area contributed by atoms with Gasteiger partial charge in [0.25, 0.3) is 0 Å². The fourth-order valence-electron chi connectivity index (χ4n) is 3.99. The number of benzene rings is 3. The molecular weight excluding hydrogens is 459 g/mol. The fraction of sp³-hybridized carbons (Fsp3) is 0.231. The number of carbonyl (C=O) groups excluding carboxylic acids is 1. The molecule has 4 rings (SSSR count). The van der Waals surface area contributed by atoms with Gasteiger partial charge in [0.05, 0.1) is 21.3 Å². The predicted octanol–water partition coefficient (Wildman–Crippen LogP) is 6.24. The molecule has 0 fully saturated rings. The van der Waals surface area contributed by atoms with Crippen LogP contribution in [-0.4, -0.2) is 24.5 Å². The van der Waals surface area contributed by atoms with Crippen LogP contribution in [0.1, 0.15) is 29.2 Å².